The summed E-state index contributed by atoms with van der Waals surface area (Å²) in [4.78, 5) is 13.2. The largest absolute Gasteiger partial charge is 1.00 e. The van der Waals surface area contributed by atoms with Crippen molar-refractivity contribution >= 4 is 5.97 Å². The summed E-state index contributed by atoms with van der Waals surface area (Å²) >= 11 is 0. The highest BCUT2D eigenvalue weighted by Crippen LogP contribution is 2.52. The van der Waals surface area contributed by atoms with E-state index in [9.17, 15) is 13.6 Å². The molecule has 2 aromatic carbocycles. The van der Waals surface area contributed by atoms with Crippen LogP contribution in [0.2, 0.25) is 0 Å². The third kappa shape index (κ3) is 3.49. The SMILES string of the molecule is C[N+]1(C)C2CC(OC(=O)C(F)(c3ccc(F)cc3)c3ccc(F)cc3)CC1[C@H]1OC21.[Br-]. The van der Waals surface area contributed by atoms with E-state index in [0.29, 0.717) is 12.8 Å². The minimum Gasteiger partial charge on any atom is -1.00 e. The Bertz CT molecular complexity index is 917. The maximum Gasteiger partial charge on any atom is 0.353 e. The van der Waals surface area contributed by atoms with Gasteiger partial charge in [0.2, 0.25) is 0 Å². The number of carbonyl (C=O) groups is 1. The van der Waals surface area contributed by atoms with Crippen molar-refractivity contribution in [2.24, 2.45) is 0 Å². The molecule has 4 nitrogen and oxygen atoms in total. The van der Waals surface area contributed by atoms with Crippen LogP contribution in [-0.2, 0) is 19.9 Å². The summed E-state index contributed by atoms with van der Waals surface area (Å²) in [6, 6.07) is 9.63. The fraction of sp³-hybridized carbons (Fsp3) is 0.435. The normalized spacial score (nSPS) is 30.2. The standard InChI is InChI=1S/C23H23F3NO3.BrH/c1-27(2)18-11-17(12-19(27)21-20(18)30-21)29-22(28)23(26,13-3-7-15(24)8-4-13)14-5-9-16(25)10-6-14;/h3-10,17-21H,11-12H2,1-2H3;1H/q+1;/p-1/t17?,18?,19?,20-,21?;/m1./s1. The van der Waals surface area contributed by atoms with Gasteiger partial charge in [-0.05, 0) is 24.3 Å². The molecule has 3 fully saturated rings. The Morgan fingerprint density at radius 1 is 0.935 bits per heavy atom. The third-order valence-corrected chi connectivity index (χ3v) is 7.08. The maximum atomic E-state index is 16.4. The van der Waals surface area contributed by atoms with E-state index in [1.54, 1.807) is 0 Å². The van der Waals surface area contributed by atoms with Crippen LogP contribution in [0.5, 0.6) is 0 Å². The molecule has 3 aliphatic heterocycles. The Hall–Kier alpha value is -1.90. The van der Waals surface area contributed by atoms with Crippen LogP contribution in [0.25, 0.3) is 0 Å². The zero-order valence-electron chi connectivity index (χ0n) is 17.1. The van der Waals surface area contributed by atoms with E-state index in [1.165, 1.54) is 24.3 Å². The summed E-state index contributed by atoms with van der Waals surface area (Å²) in [7, 11) is 4.30. The number of epoxide rings is 1. The molecule has 5 atom stereocenters. The minimum absolute atomic E-state index is 0. The third-order valence-electron chi connectivity index (χ3n) is 7.08. The molecule has 3 saturated heterocycles. The van der Waals surface area contributed by atoms with Crippen molar-refractivity contribution in [3.05, 3.63) is 71.3 Å². The summed E-state index contributed by atoms with van der Waals surface area (Å²) in [5.74, 6) is -2.15. The van der Waals surface area contributed by atoms with Crippen molar-refractivity contribution < 1.29 is 48.9 Å². The first-order valence-corrected chi connectivity index (χ1v) is 10.1. The highest BCUT2D eigenvalue weighted by atomic mass is 79.9. The number of esters is 1. The number of ether oxygens (including phenoxy) is 2. The van der Waals surface area contributed by atoms with Gasteiger partial charge in [-0.2, -0.15) is 0 Å². The van der Waals surface area contributed by atoms with E-state index in [1.807, 2.05) is 0 Å². The average Bonchev–Trinajstić information content (AvgIpc) is 3.47. The first-order chi connectivity index (χ1) is 14.2. The van der Waals surface area contributed by atoms with Crippen molar-refractivity contribution in [3.8, 4) is 0 Å². The Kier molecular flexibility index (Phi) is 5.47. The second-order valence-electron chi connectivity index (χ2n) is 9.00. The molecule has 0 aromatic heterocycles. The molecule has 0 amide bonds. The van der Waals surface area contributed by atoms with Gasteiger partial charge < -0.3 is 30.9 Å². The first-order valence-electron chi connectivity index (χ1n) is 10.1. The number of rotatable bonds is 4. The van der Waals surface area contributed by atoms with Gasteiger partial charge in [-0.25, -0.2) is 18.0 Å². The number of halogens is 4. The van der Waals surface area contributed by atoms with Crippen molar-refractivity contribution in [3.63, 3.8) is 0 Å². The number of alkyl halides is 1. The van der Waals surface area contributed by atoms with Gasteiger partial charge in [0.25, 0.3) is 5.67 Å². The Morgan fingerprint density at radius 3 is 1.77 bits per heavy atom. The Morgan fingerprint density at radius 2 is 1.35 bits per heavy atom. The fourth-order valence-electron chi connectivity index (χ4n) is 5.30. The molecule has 8 heteroatoms. The van der Waals surface area contributed by atoms with E-state index >= 15 is 4.39 Å². The topological polar surface area (TPSA) is 38.8 Å². The number of hydrogen-bond acceptors (Lipinski definition) is 3. The van der Waals surface area contributed by atoms with Gasteiger partial charge in [-0.1, -0.05) is 24.3 Å². The molecule has 3 heterocycles. The van der Waals surface area contributed by atoms with E-state index < -0.39 is 29.4 Å². The Labute approximate surface area is 189 Å². The van der Waals surface area contributed by atoms with Gasteiger partial charge in [0, 0.05) is 24.0 Å². The minimum atomic E-state index is -2.66. The first kappa shape index (κ1) is 22.3. The highest BCUT2D eigenvalue weighted by molar-refractivity contribution is 5.85. The van der Waals surface area contributed by atoms with Gasteiger partial charge in [-0.15, -0.1) is 0 Å². The van der Waals surface area contributed by atoms with E-state index in [2.05, 4.69) is 14.1 Å². The lowest BCUT2D eigenvalue weighted by molar-refractivity contribution is -0.938. The molecular weight excluding hydrogens is 475 g/mol. The summed E-state index contributed by atoms with van der Waals surface area (Å²) in [5, 5.41) is 0. The van der Waals surface area contributed by atoms with E-state index in [0.717, 1.165) is 28.7 Å². The number of hydrogen-bond donors (Lipinski definition) is 0. The van der Waals surface area contributed by atoms with Gasteiger partial charge in [0.05, 0.1) is 14.1 Å². The van der Waals surface area contributed by atoms with Gasteiger partial charge >= 0.3 is 5.97 Å². The molecule has 2 aromatic rings. The number of benzene rings is 2. The highest BCUT2D eigenvalue weighted by Gasteiger charge is 2.71. The van der Waals surface area contributed by atoms with Crippen molar-refractivity contribution in [2.75, 3.05) is 14.1 Å². The second kappa shape index (κ2) is 7.60. The number of likely N-dealkylation sites (N-methyl/N-ethyl adjacent to an activating group) is 1. The zero-order chi connectivity index (χ0) is 21.3. The monoisotopic (exact) mass is 497 g/mol. The molecular formula is C23H23BrF3NO3. The van der Waals surface area contributed by atoms with Crippen molar-refractivity contribution in [1.82, 2.24) is 0 Å². The quantitative estimate of drug-likeness (QED) is 0.350. The average molecular weight is 498 g/mol. The number of nitrogens with zero attached hydrogens (tertiary/aromatic N) is 1. The summed E-state index contributed by atoms with van der Waals surface area (Å²) in [6.45, 7) is 0. The van der Waals surface area contributed by atoms with Crippen molar-refractivity contribution in [2.45, 2.75) is 48.9 Å². The van der Waals surface area contributed by atoms with Gasteiger partial charge in [-0.3, -0.25) is 0 Å². The molecule has 166 valence electrons. The maximum absolute atomic E-state index is 16.4. The number of morpholine rings is 1. The second-order valence-corrected chi connectivity index (χ2v) is 9.00. The number of carbonyl (C=O) groups excluding carboxylic acids is 1. The van der Waals surface area contributed by atoms with E-state index in [4.69, 9.17) is 9.47 Å². The van der Waals surface area contributed by atoms with Crippen LogP contribution < -0.4 is 17.0 Å². The number of quaternary nitrogens is 1. The zero-order valence-corrected chi connectivity index (χ0v) is 18.7. The van der Waals surface area contributed by atoms with Crippen LogP contribution in [0.3, 0.4) is 0 Å². The summed E-state index contributed by atoms with van der Waals surface area (Å²) in [6.07, 6.45) is 1.13. The lowest BCUT2D eigenvalue weighted by Crippen LogP contribution is -3.00. The molecule has 31 heavy (non-hydrogen) atoms. The summed E-state index contributed by atoms with van der Waals surface area (Å²) in [5.41, 5.74) is -2.77. The summed E-state index contributed by atoms with van der Waals surface area (Å²) < 4.78 is 55.4. The predicted octanol–water partition coefficient (Wildman–Crippen LogP) is 0.482. The molecule has 3 aliphatic rings. The molecule has 0 radical (unpaired) electrons. The van der Waals surface area contributed by atoms with E-state index in [-0.39, 0.29) is 52.4 Å². The molecule has 0 spiro atoms. The fourth-order valence-corrected chi connectivity index (χ4v) is 5.30. The Balaban J connectivity index is 0.00000231. The molecule has 0 N–H and O–H groups in total. The van der Waals surface area contributed by atoms with Crippen LogP contribution in [0.15, 0.2) is 48.5 Å². The molecule has 0 aliphatic carbocycles. The van der Waals surface area contributed by atoms with Crippen LogP contribution in [-0.4, -0.2) is 54.9 Å². The lowest BCUT2D eigenvalue weighted by Gasteiger charge is -2.45. The van der Waals surface area contributed by atoms with Gasteiger partial charge in [0.15, 0.2) is 0 Å². The van der Waals surface area contributed by atoms with Gasteiger partial charge in [0.1, 0.15) is 42.0 Å². The molecule has 4 unspecified atom stereocenters. The van der Waals surface area contributed by atoms with Crippen LogP contribution >= 0.6 is 0 Å². The van der Waals surface area contributed by atoms with Crippen LogP contribution in [0.4, 0.5) is 13.2 Å². The molecule has 2 bridgehead atoms. The predicted molar refractivity (Wildman–Crippen MR) is 102 cm³/mol. The van der Waals surface area contributed by atoms with Crippen molar-refractivity contribution in [1.29, 1.82) is 0 Å². The van der Waals surface area contributed by atoms with Crippen LogP contribution in [0.1, 0.15) is 24.0 Å². The number of piperidine rings is 1. The molecule has 0 saturated carbocycles. The number of fused-ring (bicyclic) bond motifs is 5. The smallest absolute Gasteiger partial charge is 0.353 e. The molecule has 5 rings (SSSR count). The lowest BCUT2D eigenvalue weighted by atomic mass is 9.87. The van der Waals surface area contributed by atoms with Crippen LogP contribution in [0, 0.1) is 11.6 Å².